The van der Waals surface area contributed by atoms with Gasteiger partial charge in [0.25, 0.3) is 0 Å². The van der Waals surface area contributed by atoms with Crippen LogP contribution in [0.15, 0.2) is 41.8 Å². The predicted molar refractivity (Wildman–Crippen MR) is 77.0 cm³/mol. The molecule has 2 atom stereocenters. The maximum atomic E-state index is 5.93. The molecule has 0 saturated heterocycles. The number of nitrogens with two attached hydrogens (primary N) is 1. The van der Waals surface area contributed by atoms with E-state index in [0.717, 1.165) is 6.54 Å². The van der Waals surface area contributed by atoms with E-state index < -0.39 is 0 Å². The zero-order valence-corrected chi connectivity index (χ0v) is 11.4. The molecule has 2 nitrogen and oxygen atoms in total. The molecule has 2 unspecified atom stereocenters. The third-order valence-electron chi connectivity index (χ3n) is 3.84. The van der Waals surface area contributed by atoms with Crippen LogP contribution in [0.25, 0.3) is 0 Å². The van der Waals surface area contributed by atoms with Crippen LogP contribution in [0.3, 0.4) is 0 Å². The van der Waals surface area contributed by atoms with Crippen LogP contribution in [0.4, 0.5) is 0 Å². The zero-order chi connectivity index (χ0) is 12.5. The van der Waals surface area contributed by atoms with Gasteiger partial charge in [-0.05, 0) is 29.6 Å². The van der Waals surface area contributed by atoms with Gasteiger partial charge in [-0.3, -0.25) is 4.90 Å². The van der Waals surface area contributed by atoms with Gasteiger partial charge in [0.2, 0.25) is 0 Å². The van der Waals surface area contributed by atoms with Crippen molar-refractivity contribution in [2.75, 3.05) is 20.1 Å². The molecule has 0 bridgehead atoms. The van der Waals surface area contributed by atoms with E-state index in [0.29, 0.717) is 18.5 Å². The molecule has 94 valence electrons. The van der Waals surface area contributed by atoms with Crippen molar-refractivity contribution in [2.24, 2.45) is 5.73 Å². The largest absolute Gasteiger partial charge is 0.329 e. The van der Waals surface area contributed by atoms with Crippen LogP contribution in [0.5, 0.6) is 0 Å². The number of benzene rings is 1. The van der Waals surface area contributed by atoms with Crippen molar-refractivity contribution in [1.82, 2.24) is 4.90 Å². The van der Waals surface area contributed by atoms with E-state index in [1.165, 1.54) is 16.0 Å². The van der Waals surface area contributed by atoms with Gasteiger partial charge in [0.1, 0.15) is 0 Å². The number of hydrogen-bond acceptors (Lipinski definition) is 3. The lowest BCUT2D eigenvalue weighted by Crippen LogP contribution is -2.38. The van der Waals surface area contributed by atoms with E-state index in [1.54, 1.807) is 0 Å². The number of fused-ring (bicyclic) bond motifs is 1. The molecular formula is C15H18N2S. The average molecular weight is 258 g/mol. The fraction of sp³-hybridized carbons (Fsp3) is 0.333. The molecule has 1 aromatic heterocycles. The number of thiophene rings is 1. The van der Waals surface area contributed by atoms with E-state index in [2.05, 4.69) is 53.7 Å². The summed E-state index contributed by atoms with van der Waals surface area (Å²) in [4.78, 5) is 3.83. The lowest BCUT2D eigenvalue weighted by Gasteiger charge is -2.38. The second kappa shape index (κ2) is 4.84. The fourth-order valence-electron chi connectivity index (χ4n) is 2.92. The Morgan fingerprint density at radius 1 is 1.22 bits per heavy atom. The van der Waals surface area contributed by atoms with Gasteiger partial charge < -0.3 is 5.73 Å². The molecule has 0 amide bonds. The maximum Gasteiger partial charge on any atom is 0.0470 e. The molecule has 1 aliphatic rings. The van der Waals surface area contributed by atoms with Crippen molar-refractivity contribution in [1.29, 1.82) is 0 Å². The van der Waals surface area contributed by atoms with Crippen molar-refractivity contribution in [2.45, 2.75) is 12.0 Å². The molecule has 0 aliphatic carbocycles. The second-order valence-electron chi connectivity index (χ2n) is 4.89. The highest BCUT2D eigenvalue weighted by Gasteiger charge is 2.31. The number of hydrogen-bond donors (Lipinski definition) is 1. The molecule has 18 heavy (non-hydrogen) atoms. The standard InChI is InChI=1S/C15H18N2S/c1-17-10-13(15-7-4-8-18-15)11-5-2-3-6-12(11)14(17)9-16/h2-8,13-14H,9-10,16H2,1H3. The normalized spacial score (nSPS) is 23.9. The molecule has 2 heterocycles. The summed E-state index contributed by atoms with van der Waals surface area (Å²) >= 11 is 1.85. The first kappa shape index (κ1) is 11.9. The van der Waals surface area contributed by atoms with Crippen molar-refractivity contribution in [3.63, 3.8) is 0 Å². The van der Waals surface area contributed by atoms with E-state index in [4.69, 9.17) is 5.73 Å². The van der Waals surface area contributed by atoms with Gasteiger partial charge in [-0.25, -0.2) is 0 Å². The van der Waals surface area contributed by atoms with Crippen molar-refractivity contribution in [3.8, 4) is 0 Å². The highest BCUT2D eigenvalue weighted by Crippen LogP contribution is 2.39. The smallest absolute Gasteiger partial charge is 0.0470 e. The van der Waals surface area contributed by atoms with E-state index >= 15 is 0 Å². The molecule has 0 spiro atoms. The Morgan fingerprint density at radius 3 is 2.67 bits per heavy atom. The van der Waals surface area contributed by atoms with Gasteiger partial charge in [0.15, 0.2) is 0 Å². The number of nitrogens with zero attached hydrogens (tertiary/aromatic N) is 1. The lowest BCUT2D eigenvalue weighted by atomic mass is 9.84. The Morgan fingerprint density at radius 2 is 2.00 bits per heavy atom. The quantitative estimate of drug-likeness (QED) is 0.897. The van der Waals surface area contributed by atoms with Gasteiger partial charge in [0.05, 0.1) is 0 Å². The molecule has 1 aromatic carbocycles. The molecule has 2 N–H and O–H groups in total. The summed E-state index contributed by atoms with van der Waals surface area (Å²) in [5.41, 5.74) is 8.78. The van der Waals surface area contributed by atoms with Crippen molar-refractivity contribution >= 4 is 11.3 Å². The first-order chi connectivity index (χ1) is 8.81. The molecule has 2 aromatic rings. The molecule has 0 fully saturated rings. The van der Waals surface area contributed by atoms with Crippen molar-refractivity contribution in [3.05, 3.63) is 57.8 Å². The Bertz CT molecular complexity index is 521. The first-order valence-corrected chi connectivity index (χ1v) is 7.21. The van der Waals surface area contributed by atoms with Crippen LogP contribution in [0, 0.1) is 0 Å². The SMILES string of the molecule is CN1CC(c2cccs2)c2ccccc2C1CN. The minimum absolute atomic E-state index is 0.359. The Hall–Kier alpha value is -1.16. The average Bonchev–Trinajstić information content (AvgIpc) is 2.91. The zero-order valence-electron chi connectivity index (χ0n) is 10.5. The van der Waals surface area contributed by atoms with E-state index in [1.807, 2.05) is 11.3 Å². The Balaban J connectivity index is 2.09. The highest BCUT2D eigenvalue weighted by molar-refractivity contribution is 7.10. The van der Waals surface area contributed by atoms with Crippen LogP contribution in [-0.2, 0) is 0 Å². The summed E-state index contributed by atoms with van der Waals surface area (Å²) in [5, 5.41) is 2.16. The topological polar surface area (TPSA) is 29.3 Å². The minimum Gasteiger partial charge on any atom is -0.329 e. The van der Waals surface area contributed by atoms with Gasteiger partial charge in [-0.15, -0.1) is 11.3 Å². The van der Waals surface area contributed by atoms with E-state index in [9.17, 15) is 0 Å². The van der Waals surface area contributed by atoms with Crippen LogP contribution in [-0.4, -0.2) is 25.0 Å². The summed E-state index contributed by atoms with van der Waals surface area (Å²) in [7, 11) is 2.17. The van der Waals surface area contributed by atoms with Gasteiger partial charge in [-0.1, -0.05) is 30.3 Å². The van der Waals surface area contributed by atoms with Crippen molar-refractivity contribution < 1.29 is 0 Å². The molecule has 0 radical (unpaired) electrons. The Kier molecular flexibility index (Phi) is 3.20. The van der Waals surface area contributed by atoms with Crippen LogP contribution >= 0.6 is 11.3 Å². The van der Waals surface area contributed by atoms with Crippen LogP contribution in [0.1, 0.15) is 28.0 Å². The number of rotatable bonds is 2. The molecular weight excluding hydrogens is 240 g/mol. The fourth-order valence-corrected chi connectivity index (χ4v) is 3.76. The summed E-state index contributed by atoms with van der Waals surface area (Å²) < 4.78 is 0. The van der Waals surface area contributed by atoms with E-state index in [-0.39, 0.29) is 0 Å². The predicted octanol–water partition coefficient (Wildman–Crippen LogP) is 2.83. The number of likely N-dealkylation sites (N-methyl/N-ethyl adjacent to an activating group) is 1. The van der Waals surface area contributed by atoms with Gasteiger partial charge >= 0.3 is 0 Å². The molecule has 1 aliphatic heterocycles. The monoisotopic (exact) mass is 258 g/mol. The van der Waals surface area contributed by atoms with Gasteiger partial charge in [0, 0.05) is 29.9 Å². The van der Waals surface area contributed by atoms with Gasteiger partial charge in [-0.2, -0.15) is 0 Å². The third kappa shape index (κ3) is 1.88. The minimum atomic E-state index is 0.359. The summed E-state index contributed by atoms with van der Waals surface area (Å²) in [5.74, 6) is 0.494. The van der Waals surface area contributed by atoms with Crippen LogP contribution < -0.4 is 5.73 Å². The maximum absolute atomic E-state index is 5.93. The molecule has 3 heteroatoms. The second-order valence-corrected chi connectivity index (χ2v) is 5.87. The summed E-state index contributed by atoms with van der Waals surface area (Å²) in [6.45, 7) is 1.74. The third-order valence-corrected chi connectivity index (χ3v) is 4.83. The Labute approximate surface area is 112 Å². The van der Waals surface area contributed by atoms with Crippen LogP contribution in [0.2, 0.25) is 0 Å². The highest BCUT2D eigenvalue weighted by atomic mass is 32.1. The summed E-state index contributed by atoms with van der Waals surface area (Å²) in [6.07, 6.45) is 0. The lowest BCUT2D eigenvalue weighted by molar-refractivity contribution is 0.224. The molecule has 0 saturated carbocycles. The summed E-state index contributed by atoms with van der Waals surface area (Å²) in [6, 6.07) is 13.5. The first-order valence-electron chi connectivity index (χ1n) is 6.33. The molecule has 3 rings (SSSR count).